The van der Waals surface area contributed by atoms with Gasteiger partial charge in [-0.1, -0.05) is 6.92 Å². The lowest BCUT2D eigenvalue weighted by Crippen LogP contribution is -2.23. The van der Waals surface area contributed by atoms with Gasteiger partial charge in [0.15, 0.2) is 0 Å². The van der Waals surface area contributed by atoms with Gasteiger partial charge in [0.25, 0.3) is 0 Å². The molecular weight excluding hydrogens is 204 g/mol. The normalized spacial score (nSPS) is 17.8. The van der Waals surface area contributed by atoms with Crippen LogP contribution in [0.2, 0.25) is 0 Å². The van der Waals surface area contributed by atoms with Crippen LogP contribution in [0.1, 0.15) is 25.6 Å². The zero-order valence-electron chi connectivity index (χ0n) is 9.85. The van der Waals surface area contributed by atoms with Crippen LogP contribution < -0.4 is 5.32 Å². The quantitative estimate of drug-likeness (QED) is 0.804. The number of nitrogens with one attached hydrogen (secondary N) is 1. The molecule has 0 aromatic carbocycles. The third-order valence-corrected chi connectivity index (χ3v) is 3.00. The van der Waals surface area contributed by atoms with Crippen molar-refractivity contribution in [3.05, 3.63) is 12.2 Å². The Morgan fingerprint density at radius 2 is 2.31 bits per heavy atom. The van der Waals surface area contributed by atoms with Crippen molar-refractivity contribution >= 4 is 0 Å². The van der Waals surface area contributed by atoms with E-state index in [4.69, 9.17) is 4.74 Å². The van der Waals surface area contributed by atoms with Crippen molar-refractivity contribution in [1.82, 2.24) is 20.1 Å². The summed E-state index contributed by atoms with van der Waals surface area (Å²) in [5.41, 5.74) is 0. The van der Waals surface area contributed by atoms with Crippen LogP contribution in [-0.4, -0.2) is 34.5 Å². The second kappa shape index (κ2) is 5.96. The second-order valence-electron chi connectivity index (χ2n) is 4.19. The minimum atomic E-state index is 0.691. The summed E-state index contributed by atoms with van der Waals surface area (Å²) >= 11 is 0. The van der Waals surface area contributed by atoms with Crippen LogP contribution in [0.25, 0.3) is 0 Å². The summed E-state index contributed by atoms with van der Waals surface area (Å²) in [4.78, 5) is 4.28. The SMILES string of the molecule is CCNCc1ncnn1CC1CCOCC1. The maximum absolute atomic E-state index is 5.36. The van der Waals surface area contributed by atoms with Crippen LogP contribution in [0.5, 0.6) is 0 Å². The molecule has 0 atom stereocenters. The molecule has 0 aliphatic carbocycles. The van der Waals surface area contributed by atoms with Gasteiger partial charge in [-0.2, -0.15) is 5.10 Å². The molecule has 1 aromatic heterocycles. The third-order valence-electron chi connectivity index (χ3n) is 3.00. The van der Waals surface area contributed by atoms with Crippen LogP contribution in [0, 0.1) is 5.92 Å². The molecule has 2 heterocycles. The van der Waals surface area contributed by atoms with Gasteiger partial charge in [0.2, 0.25) is 0 Å². The van der Waals surface area contributed by atoms with E-state index in [9.17, 15) is 0 Å². The fourth-order valence-corrected chi connectivity index (χ4v) is 1.99. The summed E-state index contributed by atoms with van der Waals surface area (Å²) in [5, 5.41) is 7.57. The Kier molecular flexibility index (Phi) is 4.30. The molecule has 1 N–H and O–H groups in total. The molecule has 0 saturated carbocycles. The Morgan fingerprint density at radius 3 is 3.06 bits per heavy atom. The van der Waals surface area contributed by atoms with E-state index in [1.54, 1.807) is 6.33 Å². The van der Waals surface area contributed by atoms with Gasteiger partial charge in [-0.3, -0.25) is 0 Å². The van der Waals surface area contributed by atoms with Crippen molar-refractivity contribution < 1.29 is 4.74 Å². The molecule has 1 aliphatic rings. The van der Waals surface area contributed by atoms with E-state index in [2.05, 4.69) is 22.3 Å². The van der Waals surface area contributed by atoms with Crippen LogP contribution in [0.4, 0.5) is 0 Å². The van der Waals surface area contributed by atoms with Crippen LogP contribution >= 0.6 is 0 Å². The molecule has 1 saturated heterocycles. The molecule has 0 radical (unpaired) electrons. The molecular formula is C11H20N4O. The molecule has 16 heavy (non-hydrogen) atoms. The minimum Gasteiger partial charge on any atom is -0.381 e. The Labute approximate surface area is 96.2 Å². The summed E-state index contributed by atoms with van der Waals surface area (Å²) in [7, 11) is 0. The lowest BCUT2D eigenvalue weighted by Gasteiger charge is -2.22. The number of nitrogens with zero attached hydrogens (tertiary/aromatic N) is 3. The smallest absolute Gasteiger partial charge is 0.140 e. The summed E-state index contributed by atoms with van der Waals surface area (Å²) in [6.45, 7) is 6.62. The van der Waals surface area contributed by atoms with Gasteiger partial charge in [-0.05, 0) is 25.3 Å². The van der Waals surface area contributed by atoms with Crippen molar-refractivity contribution in [2.24, 2.45) is 5.92 Å². The molecule has 2 rings (SSSR count). The molecule has 0 amide bonds. The average Bonchev–Trinajstić information content (AvgIpc) is 2.75. The number of hydrogen-bond acceptors (Lipinski definition) is 4. The van der Waals surface area contributed by atoms with Gasteiger partial charge in [0.05, 0.1) is 6.54 Å². The zero-order chi connectivity index (χ0) is 11.2. The lowest BCUT2D eigenvalue weighted by atomic mass is 10.0. The van der Waals surface area contributed by atoms with Crippen LogP contribution in [-0.2, 0) is 17.8 Å². The van der Waals surface area contributed by atoms with Crippen molar-refractivity contribution in [3.8, 4) is 0 Å². The molecule has 1 aliphatic heterocycles. The van der Waals surface area contributed by atoms with Gasteiger partial charge >= 0.3 is 0 Å². The first-order valence-electron chi connectivity index (χ1n) is 6.05. The third kappa shape index (κ3) is 3.02. The standard InChI is InChI=1S/C11H20N4O/c1-2-12-7-11-13-9-14-15(11)8-10-3-5-16-6-4-10/h9-10,12H,2-8H2,1H3. The van der Waals surface area contributed by atoms with E-state index in [0.717, 1.165) is 51.5 Å². The molecule has 0 bridgehead atoms. The fraction of sp³-hybridized carbons (Fsp3) is 0.818. The summed E-state index contributed by atoms with van der Waals surface area (Å²) < 4.78 is 7.38. The molecule has 0 unspecified atom stereocenters. The summed E-state index contributed by atoms with van der Waals surface area (Å²) in [6, 6.07) is 0. The summed E-state index contributed by atoms with van der Waals surface area (Å²) in [5.74, 6) is 1.73. The van der Waals surface area contributed by atoms with Crippen molar-refractivity contribution in [2.45, 2.75) is 32.9 Å². The topological polar surface area (TPSA) is 52.0 Å². The molecule has 5 nitrogen and oxygen atoms in total. The summed E-state index contributed by atoms with van der Waals surface area (Å²) in [6.07, 6.45) is 3.92. The number of ether oxygens (including phenoxy) is 1. The Balaban J connectivity index is 1.89. The van der Waals surface area contributed by atoms with Gasteiger partial charge in [-0.15, -0.1) is 0 Å². The highest BCUT2D eigenvalue weighted by Crippen LogP contribution is 2.16. The maximum Gasteiger partial charge on any atom is 0.140 e. The largest absolute Gasteiger partial charge is 0.381 e. The predicted molar refractivity (Wildman–Crippen MR) is 60.9 cm³/mol. The van der Waals surface area contributed by atoms with Crippen molar-refractivity contribution in [3.63, 3.8) is 0 Å². The van der Waals surface area contributed by atoms with Gasteiger partial charge in [-0.25, -0.2) is 9.67 Å². The minimum absolute atomic E-state index is 0.691. The van der Waals surface area contributed by atoms with Gasteiger partial charge < -0.3 is 10.1 Å². The first kappa shape index (κ1) is 11.5. The highest BCUT2D eigenvalue weighted by atomic mass is 16.5. The highest BCUT2D eigenvalue weighted by Gasteiger charge is 2.16. The van der Waals surface area contributed by atoms with E-state index in [1.165, 1.54) is 0 Å². The first-order chi connectivity index (χ1) is 7.90. The fourth-order valence-electron chi connectivity index (χ4n) is 1.99. The van der Waals surface area contributed by atoms with E-state index in [1.807, 2.05) is 4.68 Å². The predicted octanol–water partition coefficient (Wildman–Crippen LogP) is 0.814. The van der Waals surface area contributed by atoms with E-state index >= 15 is 0 Å². The van der Waals surface area contributed by atoms with Gasteiger partial charge in [0.1, 0.15) is 12.2 Å². The Bertz CT molecular complexity index is 307. The van der Waals surface area contributed by atoms with Crippen molar-refractivity contribution in [1.29, 1.82) is 0 Å². The number of hydrogen-bond donors (Lipinski definition) is 1. The molecule has 1 fully saturated rings. The molecule has 1 aromatic rings. The van der Waals surface area contributed by atoms with Crippen molar-refractivity contribution in [2.75, 3.05) is 19.8 Å². The maximum atomic E-state index is 5.36. The second-order valence-corrected chi connectivity index (χ2v) is 4.19. The number of rotatable bonds is 5. The molecule has 90 valence electrons. The van der Waals surface area contributed by atoms with Crippen LogP contribution in [0.15, 0.2) is 6.33 Å². The Morgan fingerprint density at radius 1 is 1.50 bits per heavy atom. The Hall–Kier alpha value is -0.940. The number of aromatic nitrogens is 3. The molecule has 5 heteroatoms. The monoisotopic (exact) mass is 224 g/mol. The van der Waals surface area contributed by atoms with E-state index in [0.29, 0.717) is 5.92 Å². The van der Waals surface area contributed by atoms with E-state index in [-0.39, 0.29) is 0 Å². The molecule has 0 spiro atoms. The lowest BCUT2D eigenvalue weighted by molar-refractivity contribution is 0.0598. The highest BCUT2D eigenvalue weighted by molar-refractivity contribution is 4.84. The average molecular weight is 224 g/mol. The first-order valence-corrected chi connectivity index (χ1v) is 6.05. The van der Waals surface area contributed by atoms with Gasteiger partial charge in [0, 0.05) is 19.8 Å². The van der Waals surface area contributed by atoms with E-state index < -0.39 is 0 Å². The zero-order valence-corrected chi connectivity index (χ0v) is 9.85. The van der Waals surface area contributed by atoms with Crippen LogP contribution in [0.3, 0.4) is 0 Å².